The number of fused-ring (bicyclic) bond motifs is 1. The maximum Gasteiger partial charge on any atom is 0.279 e. The fourth-order valence-electron chi connectivity index (χ4n) is 2.55. The van der Waals surface area contributed by atoms with Crippen LogP contribution in [0, 0.1) is 6.92 Å². The number of benzene rings is 2. The minimum atomic E-state index is -0.371. The number of nitrogens with zero attached hydrogens (tertiary/aromatic N) is 5. The quantitative estimate of drug-likeness (QED) is 0.624. The Hall–Kier alpha value is -3.61. The van der Waals surface area contributed by atoms with Gasteiger partial charge in [0, 0.05) is 0 Å². The van der Waals surface area contributed by atoms with Crippen LogP contribution in [0.4, 0.5) is 5.82 Å². The lowest BCUT2D eigenvalue weighted by molar-refractivity contribution is 0.102. The molecule has 0 saturated carbocycles. The van der Waals surface area contributed by atoms with E-state index in [1.165, 1.54) is 6.20 Å². The average Bonchev–Trinajstić information content (AvgIpc) is 3.04. The summed E-state index contributed by atoms with van der Waals surface area (Å²) in [5.74, 6) is 0.00150. The highest BCUT2D eigenvalue weighted by atomic mass is 16.2. The topological polar surface area (TPSA) is 85.6 Å². The molecule has 4 rings (SSSR count). The molecule has 0 radical (unpaired) electrons. The molecule has 0 aliphatic carbocycles. The zero-order chi connectivity index (χ0) is 17.2. The molecule has 7 heteroatoms. The number of nitrogens with one attached hydrogen (secondary N) is 1. The van der Waals surface area contributed by atoms with Crippen molar-refractivity contribution >= 4 is 22.8 Å². The smallest absolute Gasteiger partial charge is 0.279 e. The van der Waals surface area contributed by atoms with Crippen LogP contribution < -0.4 is 5.32 Å². The second-order valence-corrected chi connectivity index (χ2v) is 5.47. The van der Waals surface area contributed by atoms with E-state index >= 15 is 0 Å². The Labute approximate surface area is 143 Å². The van der Waals surface area contributed by atoms with Gasteiger partial charge in [-0.2, -0.15) is 0 Å². The van der Waals surface area contributed by atoms with Crippen molar-refractivity contribution in [2.45, 2.75) is 6.92 Å². The van der Waals surface area contributed by atoms with Crippen molar-refractivity contribution < 1.29 is 4.79 Å². The zero-order valence-electron chi connectivity index (χ0n) is 13.4. The lowest BCUT2D eigenvalue weighted by Gasteiger charge is -2.05. The van der Waals surface area contributed by atoms with Crippen LogP contribution in [0.2, 0.25) is 0 Å². The van der Waals surface area contributed by atoms with E-state index < -0.39 is 0 Å². The predicted octanol–water partition coefficient (Wildman–Crippen LogP) is 2.77. The molecule has 1 N–H and O–H groups in total. The molecule has 2 aromatic carbocycles. The standard InChI is InChI=1S/C18H14N6O/c1-12-17(22-23-24(12)13-7-3-2-4-8-13)18(25)21-16-11-19-14-9-5-6-10-15(14)20-16/h2-11H,1H3,(H,20,21,25). The molecule has 25 heavy (non-hydrogen) atoms. The van der Waals surface area contributed by atoms with Gasteiger partial charge in [0.2, 0.25) is 0 Å². The van der Waals surface area contributed by atoms with Crippen LogP contribution in [0.15, 0.2) is 60.8 Å². The van der Waals surface area contributed by atoms with Gasteiger partial charge in [0.05, 0.1) is 28.6 Å². The molecule has 1 amide bonds. The summed E-state index contributed by atoms with van der Waals surface area (Å²) >= 11 is 0. The van der Waals surface area contributed by atoms with Crippen LogP contribution in [-0.2, 0) is 0 Å². The van der Waals surface area contributed by atoms with Gasteiger partial charge in [-0.3, -0.25) is 9.78 Å². The first-order chi connectivity index (χ1) is 12.2. The number of para-hydroxylation sites is 3. The fraction of sp³-hybridized carbons (Fsp3) is 0.0556. The van der Waals surface area contributed by atoms with Crippen molar-refractivity contribution in [3.63, 3.8) is 0 Å². The maximum absolute atomic E-state index is 12.5. The summed E-state index contributed by atoms with van der Waals surface area (Å²) in [5, 5.41) is 10.8. The fourth-order valence-corrected chi connectivity index (χ4v) is 2.55. The summed E-state index contributed by atoms with van der Waals surface area (Å²) in [6.07, 6.45) is 1.52. The number of amides is 1. The van der Waals surface area contributed by atoms with E-state index in [0.29, 0.717) is 17.0 Å². The van der Waals surface area contributed by atoms with Gasteiger partial charge in [0.25, 0.3) is 5.91 Å². The lowest BCUT2D eigenvalue weighted by atomic mass is 10.3. The van der Waals surface area contributed by atoms with E-state index in [9.17, 15) is 4.79 Å². The summed E-state index contributed by atoms with van der Waals surface area (Å²) in [6.45, 7) is 1.80. The van der Waals surface area contributed by atoms with Gasteiger partial charge in [-0.15, -0.1) is 5.10 Å². The van der Waals surface area contributed by atoms with Crippen molar-refractivity contribution in [2.24, 2.45) is 0 Å². The SMILES string of the molecule is Cc1c(C(=O)Nc2cnc3ccccc3n2)nnn1-c1ccccc1. The molecule has 0 unspecified atom stereocenters. The molecule has 0 bridgehead atoms. The molecular weight excluding hydrogens is 316 g/mol. The first-order valence-electron chi connectivity index (χ1n) is 7.73. The Kier molecular flexibility index (Phi) is 3.66. The Morgan fingerprint density at radius 2 is 1.72 bits per heavy atom. The van der Waals surface area contributed by atoms with Gasteiger partial charge in [-0.25, -0.2) is 9.67 Å². The number of carbonyl (C=O) groups excluding carboxylic acids is 1. The average molecular weight is 330 g/mol. The van der Waals surface area contributed by atoms with E-state index in [0.717, 1.165) is 11.2 Å². The third-order valence-corrected chi connectivity index (χ3v) is 3.80. The van der Waals surface area contributed by atoms with Gasteiger partial charge in [-0.1, -0.05) is 35.5 Å². The first-order valence-corrected chi connectivity index (χ1v) is 7.73. The van der Waals surface area contributed by atoms with Crippen LogP contribution in [0.5, 0.6) is 0 Å². The number of rotatable bonds is 3. The van der Waals surface area contributed by atoms with E-state index in [1.54, 1.807) is 11.6 Å². The van der Waals surface area contributed by atoms with Gasteiger partial charge in [0.1, 0.15) is 0 Å². The lowest BCUT2D eigenvalue weighted by Crippen LogP contribution is -2.15. The number of hydrogen-bond acceptors (Lipinski definition) is 5. The highest BCUT2D eigenvalue weighted by Crippen LogP contribution is 2.15. The van der Waals surface area contributed by atoms with Crippen LogP contribution in [-0.4, -0.2) is 30.9 Å². The van der Waals surface area contributed by atoms with Crippen molar-refractivity contribution in [3.8, 4) is 5.69 Å². The molecule has 122 valence electrons. The zero-order valence-corrected chi connectivity index (χ0v) is 13.4. The monoisotopic (exact) mass is 330 g/mol. The predicted molar refractivity (Wildman–Crippen MR) is 93.6 cm³/mol. The van der Waals surface area contributed by atoms with Crippen LogP contribution in [0.1, 0.15) is 16.2 Å². The maximum atomic E-state index is 12.5. The number of anilines is 1. The van der Waals surface area contributed by atoms with E-state index in [1.807, 2.05) is 54.6 Å². The normalized spacial score (nSPS) is 10.8. The molecule has 7 nitrogen and oxygen atoms in total. The highest BCUT2D eigenvalue weighted by Gasteiger charge is 2.18. The summed E-state index contributed by atoms with van der Waals surface area (Å²) in [5.41, 5.74) is 3.23. The Morgan fingerprint density at radius 1 is 1.00 bits per heavy atom. The second kappa shape index (κ2) is 6.12. The van der Waals surface area contributed by atoms with Crippen molar-refractivity contribution in [3.05, 3.63) is 72.2 Å². The van der Waals surface area contributed by atoms with Gasteiger partial charge < -0.3 is 5.32 Å². The molecule has 0 saturated heterocycles. The molecule has 2 aromatic heterocycles. The highest BCUT2D eigenvalue weighted by molar-refractivity contribution is 6.03. The Morgan fingerprint density at radius 3 is 2.52 bits per heavy atom. The molecular formula is C18H14N6O. The second-order valence-electron chi connectivity index (χ2n) is 5.47. The number of aromatic nitrogens is 5. The summed E-state index contributed by atoms with van der Waals surface area (Å²) < 4.78 is 1.63. The minimum absolute atomic E-state index is 0.249. The molecule has 4 aromatic rings. The van der Waals surface area contributed by atoms with Crippen LogP contribution in [0.3, 0.4) is 0 Å². The summed E-state index contributed by atoms with van der Waals surface area (Å²) in [6, 6.07) is 17.0. The third kappa shape index (κ3) is 2.83. The van der Waals surface area contributed by atoms with Crippen molar-refractivity contribution in [1.29, 1.82) is 0 Å². The van der Waals surface area contributed by atoms with Gasteiger partial charge in [0.15, 0.2) is 11.5 Å². The van der Waals surface area contributed by atoms with Crippen molar-refractivity contribution in [1.82, 2.24) is 25.0 Å². The van der Waals surface area contributed by atoms with Crippen LogP contribution in [0.25, 0.3) is 16.7 Å². The first kappa shape index (κ1) is 14.9. The summed E-state index contributed by atoms with van der Waals surface area (Å²) in [7, 11) is 0. The van der Waals surface area contributed by atoms with E-state index in [4.69, 9.17) is 0 Å². The number of carbonyl (C=O) groups is 1. The largest absolute Gasteiger partial charge is 0.304 e. The molecule has 0 aliphatic heterocycles. The Bertz CT molecular complexity index is 1060. The Balaban J connectivity index is 1.61. The minimum Gasteiger partial charge on any atom is -0.304 e. The molecule has 2 heterocycles. The molecule has 0 fully saturated rings. The number of hydrogen-bond donors (Lipinski definition) is 1. The van der Waals surface area contributed by atoms with Crippen LogP contribution >= 0.6 is 0 Å². The molecule has 0 spiro atoms. The van der Waals surface area contributed by atoms with Crippen molar-refractivity contribution in [2.75, 3.05) is 5.32 Å². The molecule has 0 atom stereocenters. The molecule has 0 aliphatic rings. The van der Waals surface area contributed by atoms with Gasteiger partial charge in [-0.05, 0) is 31.2 Å². The van der Waals surface area contributed by atoms with Gasteiger partial charge >= 0.3 is 0 Å². The van der Waals surface area contributed by atoms with E-state index in [2.05, 4.69) is 25.6 Å². The summed E-state index contributed by atoms with van der Waals surface area (Å²) in [4.78, 5) is 21.2. The van der Waals surface area contributed by atoms with E-state index in [-0.39, 0.29) is 11.6 Å². The third-order valence-electron chi connectivity index (χ3n) is 3.80.